The number of hydrogen-bond acceptors (Lipinski definition) is 2. The predicted octanol–water partition coefficient (Wildman–Crippen LogP) is 7.06. The summed E-state index contributed by atoms with van der Waals surface area (Å²) in [4.78, 5) is 13.3. The van der Waals surface area contributed by atoms with Crippen molar-refractivity contribution in [3.63, 3.8) is 0 Å². The Morgan fingerprint density at radius 2 is 1.68 bits per heavy atom. The van der Waals surface area contributed by atoms with E-state index in [1.807, 2.05) is 0 Å². The SMILES string of the molecule is CC[C@H](C=C[C@@H](C)[C@H]1CC[C@H]2[C@@H]3CC(=O)C4CC(O)CC[C@]4(C)[C@H]3CC[C@]12C)C(C)C. The van der Waals surface area contributed by atoms with Crippen LogP contribution in [0.25, 0.3) is 0 Å². The second-order valence-corrected chi connectivity index (χ2v) is 12.8. The Labute approximate surface area is 191 Å². The number of hydrogen-bond donors (Lipinski definition) is 1. The summed E-state index contributed by atoms with van der Waals surface area (Å²) in [6.07, 6.45) is 14.8. The minimum atomic E-state index is -0.256. The van der Waals surface area contributed by atoms with Crippen molar-refractivity contribution in [3.05, 3.63) is 12.2 Å². The number of aliphatic hydroxyl groups excluding tert-OH is 1. The Morgan fingerprint density at radius 3 is 2.35 bits per heavy atom. The molecule has 0 aromatic heterocycles. The average Bonchev–Trinajstić information content (AvgIpc) is 3.07. The zero-order valence-electron chi connectivity index (χ0n) is 21.1. The van der Waals surface area contributed by atoms with Gasteiger partial charge < -0.3 is 5.11 Å². The van der Waals surface area contributed by atoms with Gasteiger partial charge >= 0.3 is 0 Å². The van der Waals surface area contributed by atoms with Gasteiger partial charge in [-0.1, -0.05) is 53.7 Å². The van der Waals surface area contributed by atoms with Crippen LogP contribution in [-0.4, -0.2) is 17.0 Å². The Morgan fingerprint density at radius 1 is 1.00 bits per heavy atom. The van der Waals surface area contributed by atoms with Gasteiger partial charge in [0.15, 0.2) is 0 Å². The maximum Gasteiger partial charge on any atom is 0.136 e. The molecule has 0 heterocycles. The standard InChI is InChI=1S/C29H48O2/c1-7-20(18(2)3)9-8-19(4)23-10-11-24-22-17-27(31)26-16-21(30)12-14-29(26,6)25(22)13-15-28(23,24)5/h8-9,18-26,30H,7,10-17H2,1-6H3/t19-,20-,21?,22+,23-,24+,25+,26?,28-,29-/m1/s1. The van der Waals surface area contributed by atoms with E-state index in [1.54, 1.807) is 0 Å². The summed E-state index contributed by atoms with van der Waals surface area (Å²) in [5, 5.41) is 10.2. The molecule has 2 unspecified atom stereocenters. The molecule has 4 fully saturated rings. The van der Waals surface area contributed by atoms with Gasteiger partial charge in [0.25, 0.3) is 0 Å². The summed E-state index contributed by atoms with van der Waals surface area (Å²) in [6.45, 7) is 14.5. The van der Waals surface area contributed by atoms with Crippen molar-refractivity contribution in [2.24, 2.45) is 58.2 Å². The number of Topliss-reactive ketones (excluding diaryl/α,β-unsaturated/α-hetero) is 1. The molecule has 10 atom stereocenters. The molecule has 176 valence electrons. The third-order valence-corrected chi connectivity index (χ3v) is 11.1. The molecule has 0 aromatic rings. The van der Waals surface area contributed by atoms with Crippen LogP contribution in [0.2, 0.25) is 0 Å². The van der Waals surface area contributed by atoms with Crippen molar-refractivity contribution in [3.8, 4) is 0 Å². The van der Waals surface area contributed by atoms with Crippen LogP contribution in [0.3, 0.4) is 0 Å². The first-order valence-electron chi connectivity index (χ1n) is 13.5. The quantitative estimate of drug-likeness (QED) is 0.476. The van der Waals surface area contributed by atoms with Gasteiger partial charge in [-0.2, -0.15) is 0 Å². The fourth-order valence-electron chi connectivity index (χ4n) is 9.21. The van der Waals surface area contributed by atoms with Crippen LogP contribution in [0.15, 0.2) is 12.2 Å². The van der Waals surface area contributed by atoms with E-state index in [4.69, 9.17) is 0 Å². The summed E-state index contributed by atoms with van der Waals surface area (Å²) in [5.74, 6) is 5.38. The van der Waals surface area contributed by atoms with Crippen LogP contribution in [-0.2, 0) is 4.79 Å². The molecular formula is C29H48O2. The van der Waals surface area contributed by atoms with E-state index in [0.717, 1.165) is 31.6 Å². The number of rotatable bonds is 5. The monoisotopic (exact) mass is 428 g/mol. The third-order valence-electron chi connectivity index (χ3n) is 11.1. The maximum atomic E-state index is 13.3. The van der Waals surface area contributed by atoms with Gasteiger partial charge in [-0.3, -0.25) is 4.79 Å². The highest BCUT2D eigenvalue weighted by atomic mass is 16.3. The molecule has 4 aliphatic rings. The van der Waals surface area contributed by atoms with Gasteiger partial charge in [-0.25, -0.2) is 0 Å². The van der Waals surface area contributed by atoms with Crippen molar-refractivity contribution >= 4 is 5.78 Å². The highest BCUT2D eigenvalue weighted by Crippen LogP contribution is 2.67. The zero-order valence-corrected chi connectivity index (χ0v) is 21.1. The lowest BCUT2D eigenvalue weighted by atomic mass is 9.44. The van der Waals surface area contributed by atoms with E-state index in [0.29, 0.717) is 46.7 Å². The van der Waals surface area contributed by atoms with E-state index < -0.39 is 0 Å². The number of carbonyl (C=O) groups is 1. The maximum absolute atomic E-state index is 13.3. The van der Waals surface area contributed by atoms with Gasteiger partial charge in [0.2, 0.25) is 0 Å². The van der Waals surface area contributed by atoms with Crippen LogP contribution < -0.4 is 0 Å². The molecule has 0 saturated heterocycles. The molecule has 0 spiro atoms. The van der Waals surface area contributed by atoms with E-state index in [-0.39, 0.29) is 17.4 Å². The Kier molecular flexibility index (Phi) is 6.54. The number of ketones is 1. The third kappa shape index (κ3) is 3.87. The Hall–Kier alpha value is -0.630. The van der Waals surface area contributed by atoms with E-state index in [1.165, 1.54) is 32.1 Å². The summed E-state index contributed by atoms with van der Waals surface area (Å²) >= 11 is 0. The van der Waals surface area contributed by atoms with Crippen LogP contribution in [0.1, 0.15) is 99.3 Å². The second-order valence-electron chi connectivity index (χ2n) is 12.8. The van der Waals surface area contributed by atoms with Gasteiger partial charge in [0, 0.05) is 12.3 Å². The highest BCUT2D eigenvalue weighted by molar-refractivity contribution is 5.83. The topological polar surface area (TPSA) is 37.3 Å². The first-order valence-corrected chi connectivity index (χ1v) is 13.5. The van der Waals surface area contributed by atoms with Gasteiger partial charge in [-0.15, -0.1) is 0 Å². The number of carbonyl (C=O) groups excluding carboxylic acids is 1. The average molecular weight is 429 g/mol. The lowest BCUT2D eigenvalue weighted by Gasteiger charge is -2.60. The Balaban J connectivity index is 1.53. The van der Waals surface area contributed by atoms with Crippen molar-refractivity contribution in [2.75, 3.05) is 0 Å². The molecule has 4 aliphatic carbocycles. The van der Waals surface area contributed by atoms with Crippen molar-refractivity contribution in [1.82, 2.24) is 0 Å². The summed E-state index contributed by atoms with van der Waals surface area (Å²) in [5.41, 5.74) is 0.526. The van der Waals surface area contributed by atoms with E-state index in [9.17, 15) is 9.90 Å². The van der Waals surface area contributed by atoms with Crippen LogP contribution in [0, 0.1) is 58.2 Å². The number of allylic oxidation sites excluding steroid dienone is 2. The largest absolute Gasteiger partial charge is 0.393 e. The molecule has 4 rings (SSSR count). The zero-order chi connectivity index (χ0) is 22.6. The molecule has 31 heavy (non-hydrogen) atoms. The van der Waals surface area contributed by atoms with Crippen LogP contribution in [0.4, 0.5) is 0 Å². The molecular weight excluding hydrogens is 380 g/mol. The fourth-order valence-corrected chi connectivity index (χ4v) is 9.21. The molecule has 1 N–H and O–H groups in total. The van der Waals surface area contributed by atoms with Crippen LogP contribution in [0.5, 0.6) is 0 Å². The smallest absolute Gasteiger partial charge is 0.136 e. The van der Waals surface area contributed by atoms with Crippen molar-refractivity contribution in [2.45, 2.75) is 105 Å². The van der Waals surface area contributed by atoms with Gasteiger partial charge in [-0.05, 0) is 104 Å². The minimum absolute atomic E-state index is 0.114. The molecule has 2 nitrogen and oxygen atoms in total. The first-order chi connectivity index (χ1) is 14.6. The molecule has 0 aromatic carbocycles. The second kappa shape index (κ2) is 8.62. The predicted molar refractivity (Wildman–Crippen MR) is 129 cm³/mol. The number of fused-ring (bicyclic) bond motifs is 5. The van der Waals surface area contributed by atoms with E-state index in [2.05, 4.69) is 53.7 Å². The summed E-state index contributed by atoms with van der Waals surface area (Å²) in [7, 11) is 0. The Bertz CT molecular complexity index is 695. The molecule has 0 amide bonds. The highest BCUT2D eigenvalue weighted by Gasteiger charge is 2.62. The molecule has 0 bridgehead atoms. The molecule has 0 aliphatic heterocycles. The van der Waals surface area contributed by atoms with Crippen molar-refractivity contribution in [1.29, 1.82) is 0 Å². The lowest BCUT2D eigenvalue weighted by Crippen LogP contribution is -2.57. The molecule has 0 radical (unpaired) electrons. The minimum Gasteiger partial charge on any atom is -0.393 e. The lowest BCUT2D eigenvalue weighted by molar-refractivity contribution is -0.159. The normalized spacial score (nSPS) is 47.2. The summed E-state index contributed by atoms with van der Waals surface area (Å²) in [6, 6.07) is 0. The first kappa shape index (κ1) is 23.5. The number of aliphatic hydroxyl groups is 1. The van der Waals surface area contributed by atoms with Crippen LogP contribution >= 0.6 is 0 Å². The van der Waals surface area contributed by atoms with Gasteiger partial charge in [0.05, 0.1) is 6.10 Å². The van der Waals surface area contributed by atoms with Crippen molar-refractivity contribution < 1.29 is 9.90 Å². The van der Waals surface area contributed by atoms with E-state index >= 15 is 0 Å². The molecule has 4 saturated carbocycles. The fraction of sp³-hybridized carbons (Fsp3) is 0.897. The molecule has 2 heteroatoms. The van der Waals surface area contributed by atoms with Gasteiger partial charge in [0.1, 0.15) is 5.78 Å². The summed E-state index contributed by atoms with van der Waals surface area (Å²) < 4.78 is 0.